The average molecular weight is 323 g/mol. The summed E-state index contributed by atoms with van der Waals surface area (Å²) in [5, 5.41) is 13.2. The Morgan fingerprint density at radius 2 is 1.79 bits per heavy atom. The highest BCUT2D eigenvalue weighted by molar-refractivity contribution is 5.40. The first-order valence-electron chi connectivity index (χ1n) is 8.30. The predicted molar refractivity (Wildman–Crippen MR) is 91.3 cm³/mol. The van der Waals surface area contributed by atoms with Gasteiger partial charge < -0.3 is 9.47 Å². The maximum Gasteiger partial charge on any atom is 0.176 e. The molecule has 0 N–H and O–H groups in total. The van der Waals surface area contributed by atoms with Crippen molar-refractivity contribution in [2.45, 2.75) is 32.7 Å². The molecular formula is C17H21N7. The molecular weight excluding hydrogens is 302 g/mol. The van der Waals surface area contributed by atoms with Crippen LogP contribution in [0, 0.1) is 13.8 Å². The largest absolute Gasteiger partial charge is 0.355 e. The molecule has 0 radical (unpaired) electrons. The lowest BCUT2D eigenvalue weighted by molar-refractivity contribution is 0.394. The number of aromatic nitrogens is 6. The van der Waals surface area contributed by atoms with Crippen molar-refractivity contribution in [2.75, 3.05) is 18.0 Å². The number of anilines is 1. The lowest BCUT2D eigenvalue weighted by Gasteiger charge is -2.33. The highest BCUT2D eigenvalue weighted by Gasteiger charge is 2.21. The summed E-state index contributed by atoms with van der Waals surface area (Å²) in [6, 6.07) is 6.60. The Bertz CT molecular complexity index is 796. The molecule has 0 amide bonds. The van der Waals surface area contributed by atoms with E-state index in [0.717, 1.165) is 49.0 Å². The molecule has 124 valence electrons. The van der Waals surface area contributed by atoms with Crippen LogP contribution in [0.4, 0.5) is 5.82 Å². The van der Waals surface area contributed by atoms with Gasteiger partial charge in [0.25, 0.3) is 0 Å². The minimum atomic E-state index is 0.533. The van der Waals surface area contributed by atoms with Gasteiger partial charge in [0.2, 0.25) is 0 Å². The van der Waals surface area contributed by atoms with E-state index in [1.165, 1.54) is 0 Å². The third kappa shape index (κ3) is 2.77. The van der Waals surface area contributed by atoms with E-state index in [4.69, 9.17) is 0 Å². The molecule has 7 nitrogen and oxygen atoms in total. The van der Waals surface area contributed by atoms with E-state index in [1.807, 2.05) is 55.4 Å². The second-order valence-electron chi connectivity index (χ2n) is 6.32. The number of aryl methyl sites for hydroxylation is 2. The lowest BCUT2D eigenvalue weighted by atomic mass is 10.1. The molecule has 0 aromatic carbocycles. The Hall–Kier alpha value is -2.70. The minimum Gasteiger partial charge on any atom is -0.355 e. The number of piperidine rings is 1. The van der Waals surface area contributed by atoms with Crippen LogP contribution in [-0.4, -0.2) is 42.6 Å². The smallest absolute Gasteiger partial charge is 0.176 e. The number of imidazole rings is 1. The first-order valence-corrected chi connectivity index (χ1v) is 8.30. The molecule has 0 unspecified atom stereocenters. The molecule has 4 heterocycles. The summed E-state index contributed by atoms with van der Waals surface area (Å²) < 4.78 is 4.03. The van der Waals surface area contributed by atoms with E-state index in [9.17, 15) is 0 Å². The zero-order valence-electron chi connectivity index (χ0n) is 14.0. The van der Waals surface area contributed by atoms with Crippen LogP contribution < -0.4 is 4.90 Å². The topological polar surface area (TPSA) is 64.7 Å². The van der Waals surface area contributed by atoms with Crippen LogP contribution >= 0.6 is 0 Å². The summed E-state index contributed by atoms with van der Waals surface area (Å²) in [5.74, 6) is 1.70. The number of nitrogens with zero attached hydrogens (tertiary/aromatic N) is 7. The molecule has 24 heavy (non-hydrogen) atoms. The molecule has 0 saturated carbocycles. The molecule has 0 spiro atoms. The number of hydrogen-bond donors (Lipinski definition) is 0. The van der Waals surface area contributed by atoms with Gasteiger partial charge in [-0.05, 0) is 44.9 Å². The Labute approximate surface area is 141 Å². The normalized spacial score (nSPS) is 15.8. The minimum absolute atomic E-state index is 0.533. The fraction of sp³-hybridized carbons (Fsp3) is 0.412. The highest BCUT2D eigenvalue weighted by Crippen LogP contribution is 2.25. The molecule has 7 heteroatoms. The van der Waals surface area contributed by atoms with E-state index in [0.29, 0.717) is 6.04 Å². The van der Waals surface area contributed by atoms with Gasteiger partial charge in [0, 0.05) is 37.2 Å². The van der Waals surface area contributed by atoms with E-state index in [-0.39, 0.29) is 0 Å². The molecule has 1 saturated heterocycles. The molecule has 3 aromatic heterocycles. The first kappa shape index (κ1) is 14.9. The van der Waals surface area contributed by atoms with Crippen LogP contribution in [0.15, 0.2) is 36.9 Å². The lowest BCUT2D eigenvalue weighted by Crippen LogP contribution is -2.35. The fourth-order valence-electron chi connectivity index (χ4n) is 3.34. The van der Waals surface area contributed by atoms with Gasteiger partial charge in [-0.2, -0.15) is 5.10 Å². The Morgan fingerprint density at radius 3 is 2.38 bits per heavy atom. The fourth-order valence-corrected chi connectivity index (χ4v) is 3.34. The van der Waals surface area contributed by atoms with Crippen molar-refractivity contribution < 1.29 is 0 Å². The zero-order chi connectivity index (χ0) is 16.5. The molecule has 1 aliphatic rings. The first-order chi connectivity index (χ1) is 11.7. The van der Waals surface area contributed by atoms with E-state index >= 15 is 0 Å². The van der Waals surface area contributed by atoms with Crippen molar-refractivity contribution in [1.29, 1.82) is 0 Å². The van der Waals surface area contributed by atoms with Crippen molar-refractivity contribution >= 4 is 5.82 Å². The Balaban J connectivity index is 1.45. The molecule has 1 aliphatic heterocycles. The van der Waals surface area contributed by atoms with Crippen LogP contribution in [0.3, 0.4) is 0 Å². The van der Waals surface area contributed by atoms with E-state index in [1.54, 1.807) is 0 Å². The van der Waals surface area contributed by atoms with Crippen LogP contribution in [-0.2, 0) is 0 Å². The van der Waals surface area contributed by atoms with Crippen LogP contribution in [0.2, 0.25) is 0 Å². The molecule has 1 fully saturated rings. The summed E-state index contributed by atoms with van der Waals surface area (Å²) in [7, 11) is 0. The van der Waals surface area contributed by atoms with Gasteiger partial charge >= 0.3 is 0 Å². The molecule has 0 bridgehead atoms. The van der Waals surface area contributed by atoms with Gasteiger partial charge in [-0.3, -0.25) is 0 Å². The van der Waals surface area contributed by atoms with E-state index in [2.05, 4.69) is 29.7 Å². The second-order valence-corrected chi connectivity index (χ2v) is 6.32. The van der Waals surface area contributed by atoms with Gasteiger partial charge in [-0.15, -0.1) is 10.2 Å². The van der Waals surface area contributed by atoms with Gasteiger partial charge in [-0.25, -0.2) is 9.67 Å². The highest BCUT2D eigenvalue weighted by atomic mass is 15.4. The third-order valence-electron chi connectivity index (χ3n) is 4.60. The van der Waals surface area contributed by atoms with Gasteiger partial charge in [0.05, 0.1) is 12.0 Å². The second kappa shape index (κ2) is 6.07. The van der Waals surface area contributed by atoms with Gasteiger partial charge in [0.15, 0.2) is 11.6 Å². The predicted octanol–water partition coefficient (Wildman–Crippen LogP) is 2.32. The quantitative estimate of drug-likeness (QED) is 0.740. The third-order valence-corrected chi connectivity index (χ3v) is 4.60. The maximum absolute atomic E-state index is 4.45. The maximum atomic E-state index is 4.45. The summed E-state index contributed by atoms with van der Waals surface area (Å²) in [6.45, 7) is 5.97. The summed E-state index contributed by atoms with van der Waals surface area (Å²) in [5.41, 5.74) is 2.05. The molecule has 3 aromatic rings. The SMILES string of the molecule is Cc1cc(C)n(-c2ccc(N3CCC(n4ccnc4)CC3)nn2)n1. The summed E-state index contributed by atoms with van der Waals surface area (Å²) in [6.07, 6.45) is 7.98. The van der Waals surface area contributed by atoms with Crippen molar-refractivity contribution in [2.24, 2.45) is 0 Å². The van der Waals surface area contributed by atoms with Crippen LogP contribution in [0.1, 0.15) is 30.3 Å². The van der Waals surface area contributed by atoms with Crippen molar-refractivity contribution in [3.63, 3.8) is 0 Å². The Kier molecular flexibility index (Phi) is 3.76. The molecule has 4 rings (SSSR count). The van der Waals surface area contributed by atoms with E-state index < -0.39 is 0 Å². The Morgan fingerprint density at radius 1 is 1.04 bits per heavy atom. The monoisotopic (exact) mass is 323 g/mol. The van der Waals surface area contributed by atoms with Crippen LogP contribution in [0.25, 0.3) is 5.82 Å². The van der Waals surface area contributed by atoms with Crippen LogP contribution in [0.5, 0.6) is 0 Å². The average Bonchev–Trinajstić information content (AvgIpc) is 3.25. The standard InChI is InChI=1S/C17H21N7/c1-13-11-14(2)24(21-13)17-4-3-16(19-20-17)22-8-5-15(6-9-22)23-10-7-18-12-23/h3-4,7,10-12,15H,5-6,8-9H2,1-2H3. The molecule has 0 atom stereocenters. The number of hydrogen-bond acceptors (Lipinski definition) is 5. The zero-order valence-corrected chi connectivity index (χ0v) is 14.0. The van der Waals surface area contributed by atoms with Gasteiger partial charge in [0.1, 0.15) is 0 Å². The molecule has 0 aliphatic carbocycles. The van der Waals surface area contributed by atoms with Gasteiger partial charge in [-0.1, -0.05) is 0 Å². The van der Waals surface area contributed by atoms with Crippen molar-refractivity contribution in [3.8, 4) is 5.82 Å². The van der Waals surface area contributed by atoms with Crippen molar-refractivity contribution in [1.82, 2.24) is 29.5 Å². The summed E-state index contributed by atoms with van der Waals surface area (Å²) >= 11 is 0. The summed E-state index contributed by atoms with van der Waals surface area (Å²) in [4.78, 5) is 6.44. The number of rotatable bonds is 3. The van der Waals surface area contributed by atoms with Crippen molar-refractivity contribution in [3.05, 3.63) is 48.3 Å².